The Labute approximate surface area is 175 Å². The highest BCUT2D eigenvalue weighted by molar-refractivity contribution is 5.79. The van der Waals surface area contributed by atoms with Gasteiger partial charge in [0.2, 0.25) is 5.91 Å². The van der Waals surface area contributed by atoms with Crippen molar-refractivity contribution in [1.29, 1.82) is 0 Å². The number of fused-ring (bicyclic) bond motifs is 1. The SMILES string of the molecule is O=C(NCc1ccco1)[C@H]1C[C@H]2OCC[C@H]2N(Cc2ccco2)C1.O=C(O)C(F)(F)F. The number of amides is 1. The maximum absolute atomic E-state index is 12.6. The highest BCUT2D eigenvalue weighted by Gasteiger charge is 2.42. The molecule has 2 saturated heterocycles. The molecule has 0 radical (unpaired) electrons. The summed E-state index contributed by atoms with van der Waals surface area (Å²) < 4.78 is 48.4. The van der Waals surface area contributed by atoms with E-state index in [0.29, 0.717) is 12.6 Å². The van der Waals surface area contributed by atoms with Gasteiger partial charge in [-0.25, -0.2) is 4.79 Å². The number of carbonyl (C=O) groups is 2. The summed E-state index contributed by atoms with van der Waals surface area (Å²) in [5.74, 6) is -1.08. The monoisotopic (exact) mass is 444 g/mol. The average Bonchev–Trinajstić information content (AvgIpc) is 3.47. The van der Waals surface area contributed by atoms with Gasteiger partial charge >= 0.3 is 12.1 Å². The highest BCUT2D eigenvalue weighted by atomic mass is 19.4. The maximum Gasteiger partial charge on any atom is 0.490 e. The molecule has 2 N–H and O–H groups in total. The van der Waals surface area contributed by atoms with Crippen LogP contribution < -0.4 is 5.32 Å². The smallest absolute Gasteiger partial charge is 0.475 e. The largest absolute Gasteiger partial charge is 0.490 e. The van der Waals surface area contributed by atoms with E-state index < -0.39 is 12.1 Å². The fourth-order valence-corrected chi connectivity index (χ4v) is 3.76. The summed E-state index contributed by atoms with van der Waals surface area (Å²) in [5.41, 5.74) is 0. The van der Waals surface area contributed by atoms with E-state index in [4.69, 9.17) is 23.5 Å². The number of carboxylic acid groups (broad SMARTS) is 1. The van der Waals surface area contributed by atoms with Crippen molar-refractivity contribution in [3.63, 3.8) is 0 Å². The molecule has 31 heavy (non-hydrogen) atoms. The molecule has 0 bridgehead atoms. The Kier molecular flexibility index (Phi) is 7.39. The van der Waals surface area contributed by atoms with Crippen LogP contribution in [0.25, 0.3) is 0 Å². The van der Waals surface area contributed by atoms with Crippen molar-refractivity contribution in [2.75, 3.05) is 13.2 Å². The molecule has 2 aliphatic rings. The van der Waals surface area contributed by atoms with E-state index in [1.165, 1.54) is 0 Å². The zero-order chi connectivity index (χ0) is 22.4. The average molecular weight is 444 g/mol. The van der Waals surface area contributed by atoms with E-state index >= 15 is 0 Å². The van der Waals surface area contributed by atoms with E-state index in [0.717, 1.165) is 44.1 Å². The molecule has 170 valence electrons. The standard InChI is InChI=1S/C18H22N2O4.C2HF3O2/c21-18(19-10-14-3-1-6-22-14)13-9-17-16(5-8-24-17)20(11-13)12-15-4-2-7-23-15;3-2(4,5)1(6)7/h1-4,6-7,13,16-17H,5,8-12H2,(H,19,21);(H,6,7)/t13-,16+,17+;/m0./s1. The molecule has 3 atom stereocenters. The first-order chi connectivity index (χ1) is 14.7. The van der Waals surface area contributed by atoms with Gasteiger partial charge in [0, 0.05) is 19.2 Å². The molecule has 4 rings (SSSR count). The predicted molar refractivity (Wildman–Crippen MR) is 99.6 cm³/mol. The van der Waals surface area contributed by atoms with Gasteiger partial charge in [0.05, 0.1) is 37.6 Å². The molecule has 2 aromatic heterocycles. The molecule has 8 nitrogen and oxygen atoms in total. The van der Waals surface area contributed by atoms with Gasteiger partial charge in [-0.2, -0.15) is 13.2 Å². The van der Waals surface area contributed by atoms with Gasteiger partial charge in [-0.3, -0.25) is 9.69 Å². The van der Waals surface area contributed by atoms with E-state index in [-0.39, 0.29) is 17.9 Å². The van der Waals surface area contributed by atoms with Crippen LogP contribution in [0, 0.1) is 5.92 Å². The third-order valence-electron chi connectivity index (χ3n) is 5.18. The number of alkyl halides is 3. The van der Waals surface area contributed by atoms with E-state index in [9.17, 15) is 18.0 Å². The Hall–Kier alpha value is -2.79. The summed E-state index contributed by atoms with van der Waals surface area (Å²) in [6.07, 6.45) is 0.155. The van der Waals surface area contributed by atoms with Crippen molar-refractivity contribution in [3.8, 4) is 0 Å². The van der Waals surface area contributed by atoms with Crippen LogP contribution in [-0.2, 0) is 27.4 Å². The number of rotatable bonds is 5. The van der Waals surface area contributed by atoms with Gasteiger partial charge in [0.15, 0.2) is 0 Å². The molecule has 0 aromatic carbocycles. The number of hydrogen-bond donors (Lipinski definition) is 2. The number of carbonyl (C=O) groups excluding carboxylic acids is 1. The summed E-state index contributed by atoms with van der Waals surface area (Å²) in [7, 11) is 0. The molecule has 0 spiro atoms. The fraction of sp³-hybridized carbons (Fsp3) is 0.500. The van der Waals surface area contributed by atoms with Crippen molar-refractivity contribution in [2.24, 2.45) is 5.92 Å². The summed E-state index contributed by atoms with van der Waals surface area (Å²) in [6.45, 7) is 2.65. The first-order valence-electron chi connectivity index (χ1n) is 9.72. The molecular weight excluding hydrogens is 421 g/mol. The second-order valence-corrected chi connectivity index (χ2v) is 7.31. The Morgan fingerprint density at radius 1 is 1.16 bits per heavy atom. The number of furan rings is 2. The predicted octanol–water partition coefficient (Wildman–Crippen LogP) is 2.80. The number of likely N-dealkylation sites (tertiary alicyclic amines) is 1. The Morgan fingerprint density at radius 2 is 1.81 bits per heavy atom. The third kappa shape index (κ3) is 6.34. The Balaban J connectivity index is 0.000000339. The third-order valence-corrected chi connectivity index (χ3v) is 5.18. The molecule has 11 heteroatoms. The van der Waals surface area contributed by atoms with Crippen LogP contribution in [0.15, 0.2) is 45.6 Å². The van der Waals surface area contributed by atoms with Gasteiger partial charge in [0.25, 0.3) is 0 Å². The van der Waals surface area contributed by atoms with Crippen LogP contribution in [0.1, 0.15) is 24.4 Å². The van der Waals surface area contributed by atoms with Crippen molar-refractivity contribution in [3.05, 3.63) is 48.3 Å². The second-order valence-electron chi connectivity index (χ2n) is 7.31. The summed E-state index contributed by atoms with van der Waals surface area (Å²) in [5, 5.41) is 10.1. The van der Waals surface area contributed by atoms with Crippen LogP contribution in [-0.4, -0.2) is 53.4 Å². The number of nitrogens with one attached hydrogen (secondary N) is 1. The van der Waals surface area contributed by atoms with Gasteiger partial charge in [-0.05, 0) is 37.1 Å². The van der Waals surface area contributed by atoms with Crippen molar-refractivity contribution in [1.82, 2.24) is 10.2 Å². The minimum Gasteiger partial charge on any atom is -0.475 e. The minimum atomic E-state index is -5.08. The number of hydrogen-bond acceptors (Lipinski definition) is 6. The van der Waals surface area contributed by atoms with Gasteiger partial charge in [-0.15, -0.1) is 0 Å². The van der Waals surface area contributed by atoms with Crippen molar-refractivity contribution >= 4 is 11.9 Å². The van der Waals surface area contributed by atoms with Crippen molar-refractivity contribution in [2.45, 2.75) is 44.3 Å². The lowest BCUT2D eigenvalue weighted by Gasteiger charge is -2.39. The molecule has 0 unspecified atom stereocenters. The summed E-state index contributed by atoms with van der Waals surface area (Å²) in [6, 6.07) is 7.94. The van der Waals surface area contributed by atoms with E-state index in [2.05, 4.69) is 10.2 Å². The lowest BCUT2D eigenvalue weighted by atomic mass is 9.89. The molecule has 0 aliphatic carbocycles. The lowest BCUT2D eigenvalue weighted by molar-refractivity contribution is -0.192. The number of nitrogens with zero attached hydrogens (tertiary/aromatic N) is 1. The second kappa shape index (κ2) is 10.0. The molecule has 0 saturated carbocycles. The van der Waals surface area contributed by atoms with Crippen LogP contribution in [0.3, 0.4) is 0 Å². The van der Waals surface area contributed by atoms with Crippen LogP contribution in [0.5, 0.6) is 0 Å². The summed E-state index contributed by atoms with van der Waals surface area (Å²) in [4.78, 5) is 23.8. The number of ether oxygens (including phenoxy) is 1. The molecular formula is C20H23F3N2O6. The molecule has 2 aliphatic heterocycles. The van der Waals surface area contributed by atoms with E-state index in [1.807, 2.05) is 24.3 Å². The normalized spacial score (nSPS) is 23.5. The molecule has 2 aromatic rings. The van der Waals surface area contributed by atoms with Crippen LogP contribution in [0.2, 0.25) is 0 Å². The Bertz CT molecular complexity index is 838. The minimum absolute atomic E-state index is 0.0600. The number of piperidine rings is 1. The highest BCUT2D eigenvalue weighted by Crippen LogP contribution is 2.32. The zero-order valence-electron chi connectivity index (χ0n) is 16.5. The fourth-order valence-electron chi connectivity index (χ4n) is 3.76. The number of halogens is 3. The van der Waals surface area contributed by atoms with Crippen LogP contribution in [0.4, 0.5) is 13.2 Å². The lowest BCUT2D eigenvalue weighted by Crippen LogP contribution is -2.52. The number of carboxylic acids is 1. The van der Waals surface area contributed by atoms with E-state index in [1.54, 1.807) is 12.5 Å². The van der Waals surface area contributed by atoms with Gasteiger partial charge in [0.1, 0.15) is 11.5 Å². The van der Waals surface area contributed by atoms with Crippen LogP contribution >= 0.6 is 0 Å². The topological polar surface area (TPSA) is 105 Å². The number of aliphatic carboxylic acids is 1. The van der Waals surface area contributed by atoms with Gasteiger partial charge < -0.3 is 24.0 Å². The van der Waals surface area contributed by atoms with Gasteiger partial charge in [-0.1, -0.05) is 0 Å². The maximum atomic E-state index is 12.6. The quantitative estimate of drug-likeness (QED) is 0.731. The Morgan fingerprint density at radius 3 is 2.39 bits per heavy atom. The zero-order valence-corrected chi connectivity index (χ0v) is 16.5. The molecule has 1 amide bonds. The summed E-state index contributed by atoms with van der Waals surface area (Å²) >= 11 is 0. The molecule has 4 heterocycles. The first kappa shape index (κ1) is 22.9. The van der Waals surface area contributed by atoms with Crippen molar-refractivity contribution < 1.29 is 41.4 Å². The molecule has 2 fully saturated rings. The first-order valence-corrected chi connectivity index (χ1v) is 9.72.